The highest BCUT2D eigenvalue weighted by atomic mass is 14.3. The summed E-state index contributed by atoms with van der Waals surface area (Å²) in [6, 6.07) is 47.4. The Morgan fingerprint density at radius 3 is 1.07 bits per heavy atom. The molecule has 0 spiro atoms. The summed E-state index contributed by atoms with van der Waals surface area (Å²) in [5, 5.41) is 38.3. The van der Waals surface area contributed by atoms with E-state index in [0.717, 1.165) is 53.9 Å². The molecule has 0 aliphatic rings. The zero-order valence-electron chi connectivity index (χ0n) is 22.4. The number of rotatable bonds is 0. The molecule has 42 heavy (non-hydrogen) atoms. The van der Waals surface area contributed by atoms with Gasteiger partial charge in [0.25, 0.3) is 0 Å². The van der Waals surface area contributed by atoms with Crippen LogP contribution in [0.15, 0.2) is 121 Å². The molecule has 0 N–H and O–H groups in total. The second-order valence-electron chi connectivity index (χ2n) is 11.0. The van der Waals surface area contributed by atoms with E-state index in [1.807, 2.05) is 24.3 Å². The molecule has 9 aromatic rings. The van der Waals surface area contributed by atoms with Crippen molar-refractivity contribution in [3.05, 3.63) is 132 Å². The lowest BCUT2D eigenvalue weighted by Crippen LogP contribution is -1.95. The van der Waals surface area contributed by atoms with Gasteiger partial charge in [-0.1, -0.05) is 121 Å². The molecule has 0 aromatic heterocycles. The standard InChI is InChI=1S/C40H20N2/c41-21-33-29-11-5-6-12-30(29)34(22-42)38-32-20-18-26-16-14-24-8-2-4-10-28(24)36(26)40(32)39-31(37(33)38)19-17-25-15-13-23-7-1-3-9-27(23)35(25)39/h1-20H. The van der Waals surface area contributed by atoms with Crippen molar-refractivity contribution in [1.29, 1.82) is 10.5 Å². The second kappa shape index (κ2) is 8.28. The molecule has 0 aliphatic heterocycles. The van der Waals surface area contributed by atoms with Crippen molar-refractivity contribution in [2.45, 2.75) is 0 Å². The van der Waals surface area contributed by atoms with E-state index < -0.39 is 0 Å². The monoisotopic (exact) mass is 528 g/mol. The van der Waals surface area contributed by atoms with E-state index in [1.54, 1.807) is 0 Å². The molecule has 0 radical (unpaired) electrons. The van der Waals surface area contributed by atoms with Crippen LogP contribution in [0.5, 0.6) is 0 Å². The molecule has 0 amide bonds. The lowest BCUT2D eigenvalue weighted by atomic mass is 9.82. The smallest absolute Gasteiger partial charge is 0.100 e. The molecule has 0 unspecified atom stereocenters. The number of nitrogens with zero attached hydrogens (tertiary/aromatic N) is 2. The summed E-state index contributed by atoms with van der Waals surface area (Å²) in [5.74, 6) is 0. The Labute approximate surface area is 240 Å². The Bertz CT molecular complexity index is 2560. The third-order valence-electron chi connectivity index (χ3n) is 9.05. The van der Waals surface area contributed by atoms with E-state index in [1.165, 1.54) is 32.3 Å². The fourth-order valence-corrected chi connectivity index (χ4v) is 7.34. The van der Waals surface area contributed by atoms with Gasteiger partial charge < -0.3 is 0 Å². The van der Waals surface area contributed by atoms with Crippen LogP contribution >= 0.6 is 0 Å². The third kappa shape index (κ3) is 2.81. The highest BCUT2D eigenvalue weighted by Gasteiger charge is 2.23. The summed E-state index contributed by atoms with van der Waals surface area (Å²) < 4.78 is 0. The minimum atomic E-state index is 0.615. The molecule has 0 saturated heterocycles. The van der Waals surface area contributed by atoms with Crippen LogP contribution < -0.4 is 0 Å². The number of benzene rings is 9. The average Bonchev–Trinajstić information content (AvgIpc) is 3.06. The van der Waals surface area contributed by atoms with Crippen LogP contribution in [-0.2, 0) is 0 Å². The van der Waals surface area contributed by atoms with Gasteiger partial charge in [-0.05, 0) is 64.6 Å². The maximum Gasteiger partial charge on any atom is 0.100 e. The Morgan fingerprint density at radius 1 is 0.286 bits per heavy atom. The van der Waals surface area contributed by atoms with Crippen molar-refractivity contribution in [2.24, 2.45) is 0 Å². The van der Waals surface area contributed by atoms with E-state index >= 15 is 0 Å². The largest absolute Gasteiger partial charge is 0.192 e. The molecule has 190 valence electrons. The molecule has 2 heteroatoms. The van der Waals surface area contributed by atoms with Crippen LogP contribution in [0.2, 0.25) is 0 Å². The Kier molecular flexibility index (Phi) is 4.50. The first-order valence-electron chi connectivity index (χ1n) is 14.1. The maximum atomic E-state index is 10.7. The van der Waals surface area contributed by atoms with Crippen molar-refractivity contribution in [1.82, 2.24) is 0 Å². The highest BCUT2D eigenvalue weighted by molar-refractivity contribution is 6.43. The van der Waals surface area contributed by atoms with Gasteiger partial charge in [-0.15, -0.1) is 0 Å². The first-order valence-corrected chi connectivity index (χ1v) is 14.1. The molecule has 0 aliphatic carbocycles. The minimum absolute atomic E-state index is 0.615. The van der Waals surface area contributed by atoms with Gasteiger partial charge >= 0.3 is 0 Å². The Balaban J connectivity index is 1.77. The maximum absolute atomic E-state index is 10.7. The molecule has 9 rings (SSSR count). The quantitative estimate of drug-likeness (QED) is 0.145. The normalized spacial score (nSPS) is 11.8. The van der Waals surface area contributed by atoms with Gasteiger partial charge in [0.15, 0.2) is 0 Å². The highest BCUT2D eigenvalue weighted by Crippen LogP contribution is 2.48. The number of fused-ring (bicyclic) bond motifs is 15. The van der Waals surface area contributed by atoms with Crippen LogP contribution in [-0.4, -0.2) is 0 Å². The second-order valence-corrected chi connectivity index (χ2v) is 11.0. The summed E-state index contributed by atoms with van der Waals surface area (Å²) in [4.78, 5) is 0. The van der Waals surface area contributed by atoms with E-state index in [9.17, 15) is 10.5 Å². The summed E-state index contributed by atoms with van der Waals surface area (Å²) in [6.07, 6.45) is 0. The molecule has 0 saturated carbocycles. The number of hydrogen-bond acceptors (Lipinski definition) is 2. The van der Waals surface area contributed by atoms with Crippen LogP contribution in [0.1, 0.15) is 11.1 Å². The molecule has 0 heterocycles. The number of hydrogen-bond donors (Lipinski definition) is 0. The lowest BCUT2D eigenvalue weighted by Gasteiger charge is -2.19. The zero-order chi connectivity index (χ0) is 27.9. The predicted octanol–water partition coefficient (Wildman–Crippen LogP) is 10.7. The zero-order valence-corrected chi connectivity index (χ0v) is 22.4. The van der Waals surface area contributed by atoms with Crippen LogP contribution in [0.4, 0.5) is 0 Å². The molecular weight excluding hydrogens is 508 g/mol. The predicted molar refractivity (Wildman–Crippen MR) is 176 cm³/mol. The van der Waals surface area contributed by atoms with Crippen molar-refractivity contribution >= 4 is 86.2 Å². The molecule has 0 atom stereocenters. The van der Waals surface area contributed by atoms with Crippen LogP contribution in [0.25, 0.3) is 86.2 Å². The van der Waals surface area contributed by atoms with Gasteiger partial charge in [-0.25, -0.2) is 0 Å². The average molecular weight is 529 g/mol. The van der Waals surface area contributed by atoms with Gasteiger partial charge in [-0.3, -0.25) is 0 Å². The topological polar surface area (TPSA) is 47.6 Å². The van der Waals surface area contributed by atoms with Crippen LogP contribution in [0, 0.1) is 22.7 Å². The van der Waals surface area contributed by atoms with E-state index in [4.69, 9.17) is 0 Å². The summed E-state index contributed by atoms with van der Waals surface area (Å²) >= 11 is 0. The minimum Gasteiger partial charge on any atom is -0.192 e. The van der Waals surface area contributed by atoms with E-state index in [0.29, 0.717) is 11.1 Å². The molecular formula is C40H20N2. The Morgan fingerprint density at radius 2 is 0.643 bits per heavy atom. The van der Waals surface area contributed by atoms with Crippen molar-refractivity contribution < 1.29 is 0 Å². The van der Waals surface area contributed by atoms with Crippen LogP contribution in [0.3, 0.4) is 0 Å². The van der Waals surface area contributed by atoms with Gasteiger partial charge in [-0.2, -0.15) is 10.5 Å². The number of nitriles is 2. The summed E-state index contributed by atoms with van der Waals surface area (Å²) in [7, 11) is 0. The van der Waals surface area contributed by atoms with Gasteiger partial charge in [0.2, 0.25) is 0 Å². The van der Waals surface area contributed by atoms with Gasteiger partial charge in [0, 0.05) is 21.5 Å². The van der Waals surface area contributed by atoms with E-state index in [-0.39, 0.29) is 0 Å². The SMILES string of the molecule is N#Cc1c2ccccc2c(C#N)c2c3ccc4ccc5ccccc5c4c3c3c(ccc4ccc5ccccc5c43)c12. The molecule has 0 bridgehead atoms. The lowest BCUT2D eigenvalue weighted by molar-refractivity contribution is 1.51. The first-order chi connectivity index (χ1) is 20.8. The summed E-state index contributed by atoms with van der Waals surface area (Å²) in [5.41, 5.74) is 1.23. The van der Waals surface area contributed by atoms with E-state index in [2.05, 4.69) is 109 Å². The summed E-state index contributed by atoms with van der Waals surface area (Å²) in [6.45, 7) is 0. The third-order valence-corrected chi connectivity index (χ3v) is 9.05. The molecule has 2 nitrogen and oxygen atoms in total. The first kappa shape index (κ1) is 22.8. The fraction of sp³-hybridized carbons (Fsp3) is 0. The van der Waals surface area contributed by atoms with Crippen molar-refractivity contribution in [3.8, 4) is 12.1 Å². The molecule has 0 fully saturated rings. The van der Waals surface area contributed by atoms with Gasteiger partial charge in [0.05, 0.1) is 11.1 Å². The van der Waals surface area contributed by atoms with Crippen molar-refractivity contribution in [3.63, 3.8) is 0 Å². The van der Waals surface area contributed by atoms with Crippen molar-refractivity contribution in [2.75, 3.05) is 0 Å². The van der Waals surface area contributed by atoms with Gasteiger partial charge in [0.1, 0.15) is 12.1 Å². The molecule has 9 aromatic carbocycles. The Hall–Kier alpha value is -5.96. The fourth-order valence-electron chi connectivity index (χ4n) is 7.34.